The van der Waals surface area contributed by atoms with Gasteiger partial charge in [-0.1, -0.05) is 0 Å². The maximum atomic E-state index is 13.2. The molecule has 1 heterocycles. The summed E-state index contributed by atoms with van der Waals surface area (Å²) in [5.41, 5.74) is 6.40. The fourth-order valence-electron chi connectivity index (χ4n) is 5.11. The number of Topliss-reactive ketones (excluding diaryl/α,β-unsaturated/α-hetero) is 2. The van der Waals surface area contributed by atoms with E-state index in [1.165, 1.54) is 26.8 Å². The number of rotatable bonds is 2. The van der Waals surface area contributed by atoms with Gasteiger partial charge in [-0.15, -0.1) is 0 Å². The molecule has 0 unspecified atom stereocenters. The summed E-state index contributed by atoms with van der Waals surface area (Å²) in [6.07, 6.45) is 1.86. The molecule has 6 rings (SSSR count). The molecule has 1 aromatic heterocycles. The standard InChI is InChI=1S/C29H23NO2Se/c1-29(2)25-13-18(30(3)4)9-10-20(25)23-14-19(33-28(23)29)15-24-26(31)21-11-16-7-5-6-8-17(16)12-22(21)27(24)32/h5-15H,1-4H3. The average molecular weight is 496 g/mol. The average Bonchev–Trinajstić information content (AvgIpc) is 3.39. The van der Waals surface area contributed by atoms with Gasteiger partial charge in [-0.2, -0.15) is 0 Å². The molecule has 0 aliphatic heterocycles. The van der Waals surface area contributed by atoms with Gasteiger partial charge in [0, 0.05) is 0 Å². The van der Waals surface area contributed by atoms with Crippen LogP contribution in [0.2, 0.25) is 0 Å². The second-order valence-corrected chi connectivity index (χ2v) is 11.9. The van der Waals surface area contributed by atoms with Crippen LogP contribution in [0.25, 0.3) is 28.0 Å². The Bertz CT molecular complexity index is 1490. The molecular weight excluding hydrogens is 473 g/mol. The molecule has 3 nitrogen and oxygen atoms in total. The van der Waals surface area contributed by atoms with Gasteiger partial charge in [-0.05, 0) is 0 Å². The third-order valence-electron chi connectivity index (χ3n) is 6.95. The second-order valence-electron chi connectivity index (χ2n) is 9.60. The Labute approximate surface area is 199 Å². The summed E-state index contributed by atoms with van der Waals surface area (Å²) in [6, 6.07) is 20.4. The van der Waals surface area contributed by atoms with Crippen LogP contribution < -0.4 is 4.90 Å². The maximum absolute atomic E-state index is 13.2. The quantitative estimate of drug-likeness (QED) is 0.202. The molecule has 0 bridgehead atoms. The topological polar surface area (TPSA) is 37.4 Å². The van der Waals surface area contributed by atoms with Gasteiger partial charge in [0.15, 0.2) is 0 Å². The van der Waals surface area contributed by atoms with Crippen molar-refractivity contribution in [1.29, 1.82) is 0 Å². The summed E-state index contributed by atoms with van der Waals surface area (Å²) < 4.78 is 2.52. The van der Waals surface area contributed by atoms with Crippen LogP contribution in [-0.2, 0) is 5.41 Å². The molecule has 0 spiro atoms. The van der Waals surface area contributed by atoms with Crippen LogP contribution in [0.4, 0.5) is 5.69 Å². The van der Waals surface area contributed by atoms with Crippen LogP contribution in [0.15, 0.2) is 66.2 Å². The van der Waals surface area contributed by atoms with Crippen molar-refractivity contribution in [3.05, 3.63) is 91.8 Å². The van der Waals surface area contributed by atoms with E-state index >= 15 is 0 Å². The van der Waals surface area contributed by atoms with E-state index in [0.29, 0.717) is 16.7 Å². The van der Waals surface area contributed by atoms with Crippen LogP contribution >= 0.6 is 0 Å². The van der Waals surface area contributed by atoms with Crippen molar-refractivity contribution in [2.75, 3.05) is 19.0 Å². The van der Waals surface area contributed by atoms with Gasteiger partial charge in [0.05, 0.1) is 0 Å². The Morgan fingerprint density at radius 1 is 0.788 bits per heavy atom. The van der Waals surface area contributed by atoms with Crippen molar-refractivity contribution in [2.24, 2.45) is 0 Å². The van der Waals surface area contributed by atoms with Gasteiger partial charge in [-0.3, -0.25) is 0 Å². The molecule has 4 heteroatoms. The SMILES string of the molecule is CN(C)c1ccc2c(c1)C(C)(C)c1[se]c(C=C3C(=O)c4cc5ccccc5cc4C3=O)cc1-2. The Balaban J connectivity index is 1.44. The number of anilines is 1. The van der Waals surface area contributed by atoms with Crippen molar-refractivity contribution in [3.8, 4) is 11.1 Å². The van der Waals surface area contributed by atoms with Gasteiger partial charge in [0.25, 0.3) is 0 Å². The number of benzene rings is 3. The first-order valence-corrected chi connectivity index (χ1v) is 12.8. The molecule has 0 atom stereocenters. The summed E-state index contributed by atoms with van der Waals surface area (Å²) in [4.78, 5) is 28.5. The first-order chi connectivity index (χ1) is 15.8. The number of allylic oxidation sites excluding steroid dienone is 1. The second kappa shape index (κ2) is 6.90. The summed E-state index contributed by atoms with van der Waals surface area (Å²) in [5.74, 6) is -0.306. The monoisotopic (exact) mass is 497 g/mol. The first-order valence-electron chi connectivity index (χ1n) is 11.1. The molecule has 0 saturated carbocycles. The molecule has 0 fully saturated rings. The van der Waals surface area contributed by atoms with Crippen molar-refractivity contribution in [2.45, 2.75) is 19.3 Å². The van der Waals surface area contributed by atoms with Crippen LogP contribution in [0.5, 0.6) is 0 Å². The van der Waals surface area contributed by atoms with E-state index in [2.05, 4.69) is 57.1 Å². The third-order valence-corrected chi connectivity index (χ3v) is 9.90. The van der Waals surface area contributed by atoms with Crippen LogP contribution in [0, 0.1) is 0 Å². The van der Waals surface area contributed by atoms with Gasteiger partial charge in [-0.25, -0.2) is 0 Å². The Morgan fingerprint density at radius 3 is 2.03 bits per heavy atom. The predicted molar refractivity (Wildman–Crippen MR) is 136 cm³/mol. The number of hydrogen-bond donors (Lipinski definition) is 0. The minimum atomic E-state index is -0.153. The van der Waals surface area contributed by atoms with E-state index in [9.17, 15) is 9.59 Å². The van der Waals surface area contributed by atoms with Crippen LogP contribution in [0.3, 0.4) is 0 Å². The van der Waals surface area contributed by atoms with Crippen molar-refractivity contribution in [1.82, 2.24) is 0 Å². The van der Waals surface area contributed by atoms with E-state index in [1.54, 1.807) is 0 Å². The number of carbonyl (C=O) groups is 2. The third kappa shape index (κ3) is 2.88. The molecule has 0 N–H and O–H groups in total. The van der Waals surface area contributed by atoms with E-state index in [-0.39, 0.29) is 31.5 Å². The van der Waals surface area contributed by atoms with Crippen LogP contribution in [-0.4, -0.2) is 40.2 Å². The van der Waals surface area contributed by atoms with Crippen molar-refractivity contribution >= 4 is 48.6 Å². The molecular formula is C29H23NO2Se. The normalized spacial score (nSPS) is 15.6. The van der Waals surface area contributed by atoms with Crippen LogP contribution in [0.1, 0.15) is 49.0 Å². The molecule has 0 saturated heterocycles. The first kappa shape index (κ1) is 20.4. The molecule has 3 aromatic carbocycles. The van der Waals surface area contributed by atoms with Crippen molar-refractivity contribution in [3.63, 3.8) is 0 Å². The summed E-state index contributed by atoms with van der Waals surface area (Å²) in [6.45, 7) is 4.57. The fraction of sp³-hybridized carbons (Fsp3) is 0.172. The van der Waals surface area contributed by atoms with Gasteiger partial charge >= 0.3 is 199 Å². The zero-order chi connectivity index (χ0) is 23.1. The number of carbonyl (C=O) groups excluding carboxylic acids is 2. The van der Waals surface area contributed by atoms with E-state index in [1.807, 2.05) is 42.5 Å². The number of hydrogen-bond acceptors (Lipinski definition) is 3. The zero-order valence-corrected chi connectivity index (χ0v) is 20.7. The number of ketones is 2. The molecule has 4 aromatic rings. The van der Waals surface area contributed by atoms with E-state index in [4.69, 9.17) is 0 Å². The Morgan fingerprint density at radius 2 is 1.42 bits per heavy atom. The van der Waals surface area contributed by atoms with E-state index < -0.39 is 0 Å². The number of fused-ring (bicyclic) bond motifs is 5. The number of nitrogens with zero attached hydrogens (tertiary/aromatic N) is 1. The Kier molecular flexibility index (Phi) is 4.27. The fourth-order valence-corrected chi connectivity index (χ4v) is 7.70. The Hall–Kier alpha value is -3.20. The summed E-state index contributed by atoms with van der Waals surface area (Å²) in [5, 5.41) is 1.97. The molecule has 2 aliphatic carbocycles. The molecule has 0 radical (unpaired) electrons. The van der Waals surface area contributed by atoms with Gasteiger partial charge in [0.1, 0.15) is 0 Å². The van der Waals surface area contributed by atoms with Gasteiger partial charge in [0.2, 0.25) is 0 Å². The molecule has 33 heavy (non-hydrogen) atoms. The van der Waals surface area contributed by atoms with E-state index in [0.717, 1.165) is 15.2 Å². The molecule has 162 valence electrons. The summed E-state index contributed by atoms with van der Waals surface area (Å²) in [7, 11) is 4.13. The van der Waals surface area contributed by atoms with Gasteiger partial charge < -0.3 is 0 Å². The summed E-state index contributed by atoms with van der Waals surface area (Å²) >= 11 is 0.0726. The zero-order valence-electron chi connectivity index (χ0n) is 19.0. The molecule has 0 amide bonds. The predicted octanol–water partition coefficient (Wildman–Crippen LogP) is 5.73. The van der Waals surface area contributed by atoms with Crippen molar-refractivity contribution < 1.29 is 9.59 Å². The molecule has 2 aliphatic rings. The minimum absolute atomic E-state index is 0.0577.